The second-order valence-electron chi connectivity index (χ2n) is 2.21. The lowest BCUT2D eigenvalue weighted by atomic mass is 10.5. The zero-order valence-electron chi connectivity index (χ0n) is 7.14. The molecule has 0 fully saturated rings. The van der Waals surface area contributed by atoms with E-state index in [1.807, 2.05) is 0 Å². The van der Waals surface area contributed by atoms with Gasteiger partial charge in [0.2, 0.25) is 0 Å². The van der Waals surface area contributed by atoms with Crippen LogP contribution in [0.2, 0.25) is 6.04 Å². The van der Waals surface area contributed by atoms with Gasteiger partial charge in [-0.05, 0) is 12.5 Å². The van der Waals surface area contributed by atoms with Crippen molar-refractivity contribution in [2.24, 2.45) is 0 Å². The average Bonchev–Trinajstić information content (AvgIpc) is 2.04. The summed E-state index contributed by atoms with van der Waals surface area (Å²) in [6.07, 6.45) is 1.02. The number of carbonyl (C=O) groups is 1. The third-order valence-electron chi connectivity index (χ3n) is 1.29. The van der Waals surface area contributed by atoms with Crippen molar-refractivity contribution in [3.63, 3.8) is 0 Å². The van der Waals surface area contributed by atoms with E-state index in [0.717, 1.165) is 19.0 Å². The molecule has 0 spiro atoms. The summed E-state index contributed by atoms with van der Waals surface area (Å²) >= 11 is 0. The van der Waals surface area contributed by atoms with Crippen molar-refractivity contribution in [3.8, 4) is 0 Å². The van der Waals surface area contributed by atoms with Crippen LogP contribution in [0, 0.1) is 0 Å². The molecule has 4 nitrogen and oxygen atoms in total. The van der Waals surface area contributed by atoms with Crippen LogP contribution in [0.3, 0.4) is 0 Å². The van der Waals surface area contributed by atoms with E-state index in [9.17, 15) is 4.79 Å². The summed E-state index contributed by atoms with van der Waals surface area (Å²) in [6.45, 7) is 0.746. The predicted molar refractivity (Wildman–Crippen MR) is 47.4 cm³/mol. The number of nitrogens with one attached hydrogen (secondary N) is 2. The molecule has 0 heterocycles. The Kier molecular flexibility index (Phi) is 7.17. The largest absolute Gasteiger partial charge is 0.427 e. The maximum Gasteiger partial charge on any atom is 0.314 e. The van der Waals surface area contributed by atoms with Crippen molar-refractivity contribution in [1.82, 2.24) is 10.6 Å². The first-order valence-electron chi connectivity index (χ1n) is 3.75. The maximum atomic E-state index is 10.6. The smallest absolute Gasteiger partial charge is 0.314 e. The van der Waals surface area contributed by atoms with Crippen molar-refractivity contribution in [2.45, 2.75) is 12.5 Å². The fourth-order valence-corrected chi connectivity index (χ4v) is 1.40. The molecule has 2 amide bonds. The average molecular weight is 176 g/mol. The summed E-state index contributed by atoms with van der Waals surface area (Å²) in [5.74, 6) is 0. The van der Waals surface area contributed by atoms with Crippen LogP contribution in [0.15, 0.2) is 0 Å². The van der Waals surface area contributed by atoms with E-state index in [2.05, 4.69) is 10.6 Å². The molecule has 0 aromatic carbocycles. The van der Waals surface area contributed by atoms with Gasteiger partial charge < -0.3 is 15.1 Å². The first-order valence-corrected chi connectivity index (χ1v) is 5.33. The van der Waals surface area contributed by atoms with E-state index in [0.29, 0.717) is 0 Å². The van der Waals surface area contributed by atoms with Gasteiger partial charge in [-0.2, -0.15) is 0 Å². The van der Waals surface area contributed by atoms with Gasteiger partial charge in [-0.1, -0.05) is 0 Å². The number of urea groups is 1. The molecule has 0 aromatic heterocycles. The molecule has 0 aliphatic carbocycles. The van der Waals surface area contributed by atoms with Crippen LogP contribution in [-0.2, 0) is 4.43 Å². The lowest BCUT2D eigenvalue weighted by molar-refractivity contribution is 0.243. The zero-order valence-corrected chi connectivity index (χ0v) is 8.56. The second-order valence-corrected chi connectivity index (χ2v) is 3.90. The van der Waals surface area contributed by atoms with E-state index < -0.39 is 0 Å². The molecule has 0 aliphatic heterocycles. The molecule has 66 valence electrons. The standard InChI is InChI=1S/C6H16N2O2Si/c1-7-6(9)8-4-3-5-11-10-2/h3-5,11H2,1-2H3,(H2,7,8,9). The lowest BCUT2D eigenvalue weighted by Gasteiger charge is -2.02. The normalized spacial score (nSPS) is 10.4. The van der Waals surface area contributed by atoms with E-state index in [4.69, 9.17) is 4.43 Å². The van der Waals surface area contributed by atoms with Crippen molar-refractivity contribution >= 4 is 15.8 Å². The van der Waals surface area contributed by atoms with Crippen LogP contribution in [-0.4, -0.2) is 36.5 Å². The number of rotatable bonds is 5. The summed E-state index contributed by atoms with van der Waals surface area (Å²) in [7, 11) is 3.04. The lowest BCUT2D eigenvalue weighted by Crippen LogP contribution is -2.33. The summed E-state index contributed by atoms with van der Waals surface area (Å²) < 4.78 is 4.99. The first-order chi connectivity index (χ1) is 5.31. The van der Waals surface area contributed by atoms with Gasteiger partial charge in [-0.15, -0.1) is 0 Å². The van der Waals surface area contributed by atoms with Crippen LogP contribution < -0.4 is 10.6 Å². The van der Waals surface area contributed by atoms with Crippen LogP contribution in [0.5, 0.6) is 0 Å². The second kappa shape index (κ2) is 7.55. The van der Waals surface area contributed by atoms with Gasteiger partial charge >= 0.3 is 6.03 Å². The third-order valence-corrected chi connectivity index (χ3v) is 2.48. The molecule has 0 rings (SSSR count). The molecule has 0 radical (unpaired) electrons. The van der Waals surface area contributed by atoms with Crippen LogP contribution in [0.25, 0.3) is 0 Å². The highest BCUT2D eigenvalue weighted by atomic mass is 28.2. The molecule has 0 saturated heterocycles. The molecule has 0 aromatic rings. The SMILES string of the molecule is CNC(=O)NCCC[SiH2]OC. The Morgan fingerprint density at radius 2 is 2.36 bits per heavy atom. The Hall–Kier alpha value is -0.553. The van der Waals surface area contributed by atoms with Crippen molar-refractivity contribution < 1.29 is 9.22 Å². The topological polar surface area (TPSA) is 50.4 Å². The molecular formula is C6H16N2O2Si. The number of amides is 2. The number of hydrogen-bond donors (Lipinski definition) is 2. The fraction of sp³-hybridized carbons (Fsp3) is 0.833. The minimum atomic E-state index is -0.301. The molecule has 0 unspecified atom stereocenters. The fourth-order valence-electron chi connectivity index (χ4n) is 0.662. The third kappa shape index (κ3) is 7.34. The van der Waals surface area contributed by atoms with Gasteiger partial charge in [-0.3, -0.25) is 0 Å². The van der Waals surface area contributed by atoms with E-state index in [1.165, 1.54) is 0 Å². The van der Waals surface area contributed by atoms with Gasteiger partial charge in [-0.25, -0.2) is 4.79 Å². The Bertz CT molecular complexity index is 111. The predicted octanol–water partition coefficient (Wildman–Crippen LogP) is -0.546. The molecule has 0 bridgehead atoms. The molecular weight excluding hydrogens is 160 g/mol. The Balaban J connectivity index is 2.95. The molecule has 0 atom stereocenters. The van der Waals surface area contributed by atoms with Crippen LogP contribution >= 0.6 is 0 Å². The highest BCUT2D eigenvalue weighted by Gasteiger charge is 1.93. The Morgan fingerprint density at radius 1 is 1.64 bits per heavy atom. The van der Waals surface area contributed by atoms with Gasteiger partial charge in [0.15, 0.2) is 9.76 Å². The monoisotopic (exact) mass is 176 g/mol. The van der Waals surface area contributed by atoms with Crippen molar-refractivity contribution in [3.05, 3.63) is 0 Å². The van der Waals surface area contributed by atoms with E-state index >= 15 is 0 Å². The maximum absolute atomic E-state index is 10.6. The molecule has 0 aliphatic rings. The Labute approximate surface area is 69.6 Å². The summed E-state index contributed by atoms with van der Waals surface area (Å²) in [4.78, 5) is 10.6. The van der Waals surface area contributed by atoms with Gasteiger partial charge in [0.05, 0.1) is 0 Å². The van der Waals surface area contributed by atoms with Gasteiger partial charge in [0.1, 0.15) is 0 Å². The van der Waals surface area contributed by atoms with Crippen molar-refractivity contribution in [1.29, 1.82) is 0 Å². The number of hydrogen-bond acceptors (Lipinski definition) is 2. The van der Waals surface area contributed by atoms with Crippen molar-refractivity contribution in [2.75, 3.05) is 20.7 Å². The minimum absolute atomic E-state index is 0.107. The van der Waals surface area contributed by atoms with E-state index in [-0.39, 0.29) is 15.8 Å². The van der Waals surface area contributed by atoms with Gasteiger partial charge in [0, 0.05) is 20.7 Å². The highest BCUT2D eigenvalue weighted by molar-refractivity contribution is 6.26. The highest BCUT2D eigenvalue weighted by Crippen LogP contribution is 1.85. The molecule has 0 saturated carbocycles. The van der Waals surface area contributed by atoms with Crippen LogP contribution in [0.1, 0.15) is 6.42 Å². The zero-order chi connectivity index (χ0) is 8.53. The number of carbonyl (C=O) groups excluding carboxylic acids is 1. The quantitative estimate of drug-likeness (QED) is 0.436. The first kappa shape index (κ1) is 10.4. The van der Waals surface area contributed by atoms with E-state index in [1.54, 1.807) is 14.2 Å². The Morgan fingerprint density at radius 3 is 2.91 bits per heavy atom. The van der Waals surface area contributed by atoms with Gasteiger partial charge in [0.25, 0.3) is 0 Å². The molecule has 5 heteroatoms. The van der Waals surface area contributed by atoms with Crippen LogP contribution in [0.4, 0.5) is 4.79 Å². The summed E-state index contributed by atoms with van der Waals surface area (Å²) in [5, 5.41) is 5.19. The molecule has 2 N–H and O–H groups in total. The minimum Gasteiger partial charge on any atom is -0.427 e. The summed E-state index contributed by atoms with van der Waals surface area (Å²) in [5.41, 5.74) is 0. The molecule has 11 heavy (non-hydrogen) atoms. The summed E-state index contributed by atoms with van der Waals surface area (Å²) in [6, 6.07) is 1.02.